The zero-order chi connectivity index (χ0) is 19.2. The van der Waals surface area contributed by atoms with Gasteiger partial charge in [0, 0.05) is 17.0 Å². The van der Waals surface area contributed by atoms with E-state index in [0.717, 1.165) is 21.3 Å². The first-order chi connectivity index (χ1) is 13.0. The molecule has 3 rings (SSSR count). The van der Waals surface area contributed by atoms with Crippen LogP contribution < -0.4 is 15.8 Å². The van der Waals surface area contributed by atoms with Crippen molar-refractivity contribution in [3.05, 3.63) is 82.2 Å². The van der Waals surface area contributed by atoms with Gasteiger partial charge in [-0.15, -0.1) is 11.3 Å². The average Bonchev–Trinajstić information content (AvgIpc) is 3.05. The van der Waals surface area contributed by atoms with Gasteiger partial charge in [0.15, 0.2) is 5.06 Å². The van der Waals surface area contributed by atoms with Crippen molar-refractivity contribution in [2.45, 2.75) is 26.3 Å². The van der Waals surface area contributed by atoms with E-state index < -0.39 is 5.83 Å². The summed E-state index contributed by atoms with van der Waals surface area (Å²) in [5.41, 5.74) is 7.45. The summed E-state index contributed by atoms with van der Waals surface area (Å²) in [6, 6.07) is 13.2. The van der Waals surface area contributed by atoms with Gasteiger partial charge in [-0.1, -0.05) is 30.7 Å². The van der Waals surface area contributed by atoms with Gasteiger partial charge in [-0.25, -0.2) is 4.39 Å². The number of carbonyl (C=O) groups excluding carboxylic acids is 1. The Labute approximate surface area is 161 Å². The minimum atomic E-state index is -0.452. The molecule has 2 aromatic rings. The van der Waals surface area contributed by atoms with Crippen LogP contribution in [-0.4, -0.2) is 5.91 Å². The topological polar surface area (TPSA) is 64.3 Å². The molecule has 6 heteroatoms. The molecule has 1 aromatic carbocycles. The molecule has 1 amide bonds. The second-order valence-electron chi connectivity index (χ2n) is 6.12. The maximum Gasteiger partial charge on any atom is 0.253 e. The number of rotatable bonds is 6. The minimum absolute atomic E-state index is 0.185. The normalized spacial score (nSPS) is 14.3. The zero-order valence-electron chi connectivity index (χ0n) is 15.0. The number of halogens is 1. The molecule has 0 radical (unpaired) electrons. The lowest BCUT2D eigenvalue weighted by atomic mass is 10.1. The first-order valence-corrected chi connectivity index (χ1v) is 9.52. The van der Waals surface area contributed by atoms with Crippen LogP contribution in [0.2, 0.25) is 0 Å². The van der Waals surface area contributed by atoms with Crippen LogP contribution in [0.4, 0.5) is 4.39 Å². The quantitative estimate of drug-likeness (QED) is 0.740. The van der Waals surface area contributed by atoms with E-state index in [2.05, 4.69) is 5.32 Å². The summed E-state index contributed by atoms with van der Waals surface area (Å²) in [5.74, 6) is -0.0781. The van der Waals surface area contributed by atoms with Crippen LogP contribution in [0.25, 0.3) is 0 Å². The third kappa shape index (κ3) is 5.08. The molecule has 0 spiro atoms. The van der Waals surface area contributed by atoms with Gasteiger partial charge in [0.25, 0.3) is 5.91 Å². The zero-order valence-corrected chi connectivity index (χ0v) is 15.8. The highest BCUT2D eigenvalue weighted by Gasteiger charge is 2.16. The predicted octanol–water partition coefficient (Wildman–Crippen LogP) is 4.96. The minimum Gasteiger partial charge on any atom is -0.447 e. The number of para-hydroxylation sites is 1. The second kappa shape index (κ2) is 8.68. The largest absolute Gasteiger partial charge is 0.447 e. The Morgan fingerprint density at radius 2 is 2.00 bits per heavy atom. The number of amides is 1. The van der Waals surface area contributed by atoms with Crippen LogP contribution in [0.3, 0.4) is 0 Å². The summed E-state index contributed by atoms with van der Waals surface area (Å²) in [4.78, 5) is 13.4. The Morgan fingerprint density at radius 1 is 1.22 bits per heavy atom. The van der Waals surface area contributed by atoms with Crippen molar-refractivity contribution in [1.82, 2.24) is 5.32 Å². The van der Waals surface area contributed by atoms with E-state index in [1.165, 1.54) is 23.5 Å². The lowest BCUT2D eigenvalue weighted by molar-refractivity contribution is -0.117. The molecule has 1 heterocycles. The molecule has 3 N–H and O–H groups in total. The lowest BCUT2D eigenvalue weighted by Crippen LogP contribution is -2.25. The molecule has 0 bridgehead atoms. The van der Waals surface area contributed by atoms with Gasteiger partial charge >= 0.3 is 0 Å². The molecule has 0 saturated carbocycles. The number of nitrogens with one attached hydrogen (secondary N) is 1. The summed E-state index contributed by atoms with van der Waals surface area (Å²) in [6.07, 6.45) is 3.73. The van der Waals surface area contributed by atoms with Gasteiger partial charge < -0.3 is 15.8 Å². The van der Waals surface area contributed by atoms with Crippen LogP contribution in [0.15, 0.2) is 77.3 Å². The van der Waals surface area contributed by atoms with Crippen molar-refractivity contribution in [2.24, 2.45) is 5.73 Å². The fourth-order valence-corrected chi connectivity index (χ4v) is 3.48. The van der Waals surface area contributed by atoms with E-state index >= 15 is 0 Å². The predicted molar refractivity (Wildman–Crippen MR) is 106 cm³/mol. The SMILES string of the molecule is CCC1=CC(F)=CC(C(=O)NCc2ccc(Oc3ccccc3)s2)=C(N)C1. The molecular weight excluding hydrogens is 363 g/mol. The molecule has 140 valence electrons. The summed E-state index contributed by atoms with van der Waals surface area (Å²) in [5, 5.41) is 3.54. The fourth-order valence-electron chi connectivity index (χ4n) is 2.67. The molecule has 0 atom stereocenters. The van der Waals surface area contributed by atoms with E-state index in [9.17, 15) is 9.18 Å². The molecule has 27 heavy (non-hydrogen) atoms. The summed E-state index contributed by atoms with van der Waals surface area (Å²) in [7, 11) is 0. The third-order valence-corrected chi connectivity index (χ3v) is 5.07. The number of nitrogens with two attached hydrogens (primary N) is 1. The molecule has 0 unspecified atom stereocenters. The van der Waals surface area contributed by atoms with Gasteiger partial charge in [-0.05, 0) is 42.8 Å². The number of benzene rings is 1. The number of allylic oxidation sites excluding steroid dienone is 3. The highest BCUT2D eigenvalue weighted by molar-refractivity contribution is 7.13. The number of carbonyl (C=O) groups is 1. The highest BCUT2D eigenvalue weighted by atomic mass is 32.1. The van der Waals surface area contributed by atoms with Gasteiger partial charge in [0.2, 0.25) is 0 Å². The Morgan fingerprint density at radius 3 is 2.74 bits per heavy atom. The molecule has 0 saturated heterocycles. The molecule has 1 aliphatic carbocycles. The molecule has 1 aliphatic rings. The van der Waals surface area contributed by atoms with Crippen molar-refractivity contribution >= 4 is 17.2 Å². The van der Waals surface area contributed by atoms with Crippen molar-refractivity contribution in [3.8, 4) is 10.8 Å². The third-order valence-electron chi connectivity index (χ3n) is 4.11. The molecule has 0 fully saturated rings. The summed E-state index contributed by atoms with van der Waals surface area (Å²) >= 11 is 1.44. The van der Waals surface area contributed by atoms with Crippen LogP contribution >= 0.6 is 11.3 Å². The maximum atomic E-state index is 13.9. The van der Waals surface area contributed by atoms with Crippen molar-refractivity contribution in [3.63, 3.8) is 0 Å². The summed E-state index contributed by atoms with van der Waals surface area (Å²) < 4.78 is 19.7. The van der Waals surface area contributed by atoms with Crippen molar-refractivity contribution in [2.75, 3.05) is 0 Å². The number of ether oxygens (including phenoxy) is 1. The van der Waals surface area contributed by atoms with E-state index in [4.69, 9.17) is 10.5 Å². The molecule has 1 aromatic heterocycles. The van der Waals surface area contributed by atoms with Gasteiger partial charge in [0.1, 0.15) is 11.6 Å². The first kappa shape index (κ1) is 18.9. The molecule has 4 nitrogen and oxygen atoms in total. The Kier molecular flexibility index (Phi) is 6.08. The maximum absolute atomic E-state index is 13.9. The van der Waals surface area contributed by atoms with E-state index in [1.54, 1.807) is 0 Å². The van der Waals surface area contributed by atoms with E-state index in [0.29, 0.717) is 25.1 Å². The van der Waals surface area contributed by atoms with Crippen LogP contribution in [0.1, 0.15) is 24.6 Å². The highest BCUT2D eigenvalue weighted by Crippen LogP contribution is 2.29. The van der Waals surface area contributed by atoms with Crippen LogP contribution in [0.5, 0.6) is 10.8 Å². The van der Waals surface area contributed by atoms with E-state index in [-0.39, 0.29) is 11.5 Å². The summed E-state index contributed by atoms with van der Waals surface area (Å²) in [6.45, 7) is 2.26. The standard InChI is InChI=1S/C21H21FN2O2S/c1-2-14-10-15(22)12-18(19(23)11-14)21(25)24-13-17-8-9-20(27-17)26-16-6-4-3-5-7-16/h3-10,12H,2,11,13,23H2,1H3,(H,24,25). The number of thiophene rings is 1. The van der Waals surface area contributed by atoms with Gasteiger partial charge in [0.05, 0.1) is 12.1 Å². The van der Waals surface area contributed by atoms with Gasteiger partial charge in [-0.2, -0.15) is 0 Å². The Bertz CT molecular complexity index is 913. The van der Waals surface area contributed by atoms with Crippen molar-refractivity contribution < 1.29 is 13.9 Å². The van der Waals surface area contributed by atoms with Crippen LogP contribution in [-0.2, 0) is 11.3 Å². The lowest BCUT2D eigenvalue weighted by Gasteiger charge is -2.08. The Hall–Kier alpha value is -2.86. The van der Waals surface area contributed by atoms with Crippen LogP contribution in [0, 0.1) is 0 Å². The Balaban J connectivity index is 1.62. The monoisotopic (exact) mass is 384 g/mol. The number of hydrogen-bond donors (Lipinski definition) is 2. The van der Waals surface area contributed by atoms with E-state index in [1.807, 2.05) is 49.4 Å². The molecule has 0 aliphatic heterocycles. The first-order valence-electron chi connectivity index (χ1n) is 8.70. The fraction of sp³-hybridized carbons (Fsp3) is 0.190. The second-order valence-corrected chi connectivity index (χ2v) is 7.25. The number of hydrogen-bond acceptors (Lipinski definition) is 4. The van der Waals surface area contributed by atoms with Crippen molar-refractivity contribution in [1.29, 1.82) is 0 Å². The van der Waals surface area contributed by atoms with Gasteiger partial charge in [-0.3, -0.25) is 4.79 Å². The molecular formula is C21H21FN2O2S. The average molecular weight is 384 g/mol. The smallest absolute Gasteiger partial charge is 0.253 e.